The molecule has 0 spiro atoms. The topological polar surface area (TPSA) is 58.4 Å². The minimum Gasteiger partial charge on any atom is -0.352 e. The number of hydrogen-bond acceptors (Lipinski definition) is 3. The summed E-state index contributed by atoms with van der Waals surface area (Å²) in [5, 5.41) is 2.73. The number of alkyl halides is 3. The van der Waals surface area contributed by atoms with Gasteiger partial charge in [-0.3, -0.25) is 9.69 Å². The number of carbonyl (C=O) groups is 1. The van der Waals surface area contributed by atoms with Gasteiger partial charge in [-0.25, -0.2) is 0 Å². The number of halogens is 3. The molecule has 7 heteroatoms. The summed E-state index contributed by atoms with van der Waals surface area (Å²) in [6.07, 6.45) is -3.08. The van der Waals surface area contributed by atoms with E-state index in [-0.39, 0.29) is 11.9 Å². The van der Waals surface area contributed by atoms with Gasteiger partial charge in [-0.2, -0.15) is 13.2 Å². The molecule has 1 aliphatic rings. The fourth-order valence-electron chi connectivity index (χ4n) is 1.82. The Labute approximate surface area is 98.3 Å². The Kier molecular flexibility index (Phi) is 4.76. The minimum absolute atomic E-state index is 0.0574. The molecule has 17 heavy (non-hydrogen) atoms. The molecule has 0 aromatic heterocycles. The van der Waals surface area contributed by atoms with Crippen molar-refractivity contribution >= 4 is 5.91 Å². The standard InChI is InChI=1S/C10H18F3N3O/c1-7(14)9(17)15-8-2-4-16(5-3-8)6-10(11,12)13/h7-8H,2-6,14H2,1H3,(H,15,17)/t7-/m1/s1. The van der Waals surface area contributed by atoms with Crippen LogP contribution in [0, 0.1) is 0 Å². The molecule has 4 nitrogen and oxygen atoms in total. The third kappa shape index (κ3) is 5.36. The first kappa shape index (κ1) is 14.2. The zero-order chi connectivity index (χ0) is 13.1. The van der Waals surface area contributed by atoms with Crippen molar-refractivity contribution in [2.24, 2.45) is 5.73 Å². The van der Waals surface area contributed by atoms with Gasteiger partial charge in [0.1, 0.15) is 0 Å². The number of amides is 1. The zero-order valence-corrected chi connectivity index (χ0v) is 9.76. The smallest absolute Gasteiger partial charge is 0.352 e. The van der Waals surface area contributed by atoms with E-state index in [2.05, 4.69) is 5.32 Å². The maximum absolute atomic E-state index is 12.1. The first-order valence-corrected chi connectivity index (χ1v) is 5.63. The summed E-state index contributed by atoms with van der Waals surface area (Å²) in [4.78, 5) is 12.6. The number of nitrogens with zero attached hydrogens (tertiary/aromatic N) is 1. The fraction of sp³-hybridized carbons (Fsp3) is 0.900. The SMILES string of the molecule is C[C@@H](N)C(=O)NC1CCN(CC(F)(F)F)CC1. The molecule has 1 fully saturated rings. The highest BCUT2D eigenvalue weighted by Crippen LogP contribution is 2.19. The number of nitrogens with one attached hydrogen (secondary N) is 1. The van der Waals surface area contributed by atoms with Crippen molar-refractivity contribution in [2.45, 2.75) is 38.0 Å². The predicted octanol–water partition coefficient (Wildman–Crippen LogP) is 0.476. The molecular formula is C10H18F3N3O. The Balaban J connectivity index is 2.29. The maximum atomic E-state index is 12.1. The van der Waals surface area contributed by atoms with E-state index in [1.165, 1.54) is 4.90 Å². The lowest BCUT2D eigenvalue weighted by molar-refractivity contribution is -0.148. The minimum atomic E-state index is -4.15. The van der Waals surface area contributed by atoms with Gasteiger partial charge in [0.25, 0.3) is 0 Å². The lowest BCUT2D eigenvalue weighted by atomic mass is 10.0. The number of rotatable bonds is 3. The van der Waals surface area contributed by atoms with Crippen LogP contribution >= 0.6 is 0 Å². The predicted molar refractivity (Wildman–Crippen MR) is 57.3 cm³/mol. The highest BCUT2D eigenvalue weighted by Gasteiger charge is 2.32. The highest BCUT2D eigenvalue weighted by molar-refractivity contribution is 5.81. The molecule has 0 radical (unpaired) electrons. The molecule has 3 N–H and O–H groups in total. The van der Waals surface area contributed by atoms with E-state index >= 15 is 0 Å². The van der Waals surface area contributed by atoms with Gasteiger partial charge in [0.05, 0.1) is 12.6 Å². The second-order valence-electron chi connectivity index (χ2n) is 4.46. The summed E-state index contributed by atoms with van der Waals surface area (Å²) in [6, 6.07) is -0.638. The van der Waals surface area contributed by atoms with Crippen LogP contribution in [0.4, 0.5) is 13.2 Å². The number of carbonyl (C=O) groups excluding carboxylic acids is 1. The number of hydrogen-bond donors (Lipinski definition) is 2. The van der Waals surface area contributed by atoms with Gasteiger partial charge in [0, 0.05) is 19.1 Å². The van der Waals surface area contributed by atoms with Gasteiger partial charge in [-0.05, 0) is 19.8 Å². The Morgan fingerprint density at radius 3 is 2.41 bits per heavy atom. The molecule has 0 aromatic carbocycles. The molecule has 1 rings (SSSR count). The van der Waals surface area contributed by atoms with Crippen LogP contribution in [0.3, 0.4) is 0 Å². The molecule has 0 aliphatic carbocycles. The van der Waals surface area contributed by atoms with Crippen LogP contribution in [-0.2, 0) is 4.79 Å². The van der Waals surface area contributed by atoms with E-state index < -0.39 is 18.8 Å². The first-order chi connectivity index (χ1) is 7.78. The first-order valence-electron chi connectivity index (χ1n) is 5.63. The van der Waals surface area contributed by atoms with Crippen LogP contribution in [0.1, 0.15) is 19.8 Å². The summed E-state index contributed by atoms with van der Waals surface area (Å²) in [6.45, 7) is 1.40. The van der Waals surface area contributed by atoms with Crippen molar-refractivity contribution < 1.29 is 18.0 Å². The Bertz CT molecular complexity index is 260. The van der Waals surface area contributed by atoms with Crippen molar-refractivity contribution in [3.8, 4) is 0 Å². The molecule has 1 amide bonds. The van der Waals surface area contributed by atoms with E-state index in [1.807, 2.05) is 0 Å². The monoisotopic (exact) mass is 253 g/mol. The van der Waals surface area contributed by atoms with E-state index in [1.54, 1.807) is 6.92 Å². The molecule has 0 aromatic rings. The summed E-state index contributed by atoms with van der Waals surface area (Å²) >= 11 is 0. The summed E-state index contributed by atoms with van der Waals surface area (Å²) in [5.74, 6) is -0.251. The normalized spacial score (nSPS) is 21.2. The fourth-order valence-corrected chi connectivity index (χ4v) is 1.82. The van der Waals surface area contributed by atoms with Crippen molar-refractivity contribution in [1.29, 1.82) is 0 Å². The van der Waals surface area contributed by atoms with Crippen LogP contribution in [0.2, 0.25) is 0 Å². The van der Waals surface area contributed by atoms with Crippen molar-refractivity contribution in [3.63, 3.8) is 0 Å². The average Bonchev–Trinajstić information content (AvgIpc) is 2.18. The largest absolute Gasteiger partial charge is 0.401 e. The zero-order valence-electron chi connectivity index (χ0n) is 9.76. The van der Waals surface area contributed by atoms with Gasteiger partial charge < -0.3 is 11.1 Å². The molecule has 0 unspecified atom stereocenters. The quantitative estimate of drug-likeness (QED) is 0.769. The van der Waals surface area contributed by atoms with Gasteiger partial charge in [-0.1, -0.05) is 0 Å². The van der Waals surface area contributed by atoms with Crippen molar-refractivity contribution in [3.05, 3.63) is 0 Å². The molecule has 1 aliphatic heterocycles. The Morgan fingerprint density at radius 2 is 2.00 bits per heavy atom. The molecule has 1 saturated heterocycles. The van der Waals surface area contributed by atoms with E-state index in [0.29, 0.717) is 25.9 Å². The number of nitrogens with two attached hydrogens (primary N) is 1. The van der Waals surface area contributed by atoms with E-state index in [9.17, 15) is 18.0 Å². The third-order valence-corrected chi connectivity index (χ3v) is 2.75. The number of likely N-dealkylation sites (tertiary alicyclic amines) is 1. The Morgan fingerprint density at radius 1 is 1.47 bits per heavy atom. The van der Waals surface area contributed by atoms with Gasteiger partial charge in [0.15, 0.2) is 0 Å². The summed E-state index contributed by atoms with van der Waals surface area (Å²) < 4.78 is 36.4. The Hall–Kier alpha value is -0.820. The highest BCUT2D eigenvalue weighted by atomic mass is 19.4. The van der Waals surface area contributed by atoms with Gasteiger partial charge in [-0.15, -0.1) is 0 Å². The molecule has 0 bridgehead atoms. The lowest BCUT2D eigenvalue weighted by Gasteiger charge is -2.32. The van der Waals surface area contributed by atoms with E-state index in [0.717, 1.165) is 0 Å². The number of piperidine rings is 1. The molecule has 0 saturated carbocycles. The molecule has 1 heterocycles. The average molecular weight is 253 g/mol. The van der Waals surface area contributed by atoms with Gasteiger partial charge in [0.2, 0.25) is 5.91 Å². The molecule has 100 valence electrons. The van der Waals surface area contributed by atoms with Crippen LogP contribution in [-0.4, -0.2) is 48.7 Å². The van der Waals surface area contributed by atoms with Crippen LogP contribution in [0.25, 0.3) is 0 Å². The molecule has 1 atom stereocenters. The second-order valence-corrected chi connectivity index (χ2v) is 4.46. The van der Waals surface area contributed by atoms with Gasteiger partial charge >= 0.3 is 6.18 Å². The molecular weight excluding hydrogens is 235 g/mol. The third-order valence-electron chi connectivity index (χ3n) is 2.75. The van der Waals surface area contributed by atoms with Crippen LogP contribution in [0.5, 0.6) is 0 Å². The van der Waals surface area contributed by atoms with Crippen molar-refractivity contribution in [1.82, 2.24) is 10.2 Å². The second kappa shape index (κ2) is 5.68. The van der Waals surface area contributed by atoms with Crippen LogP contribution in [0.15, 0.2) is 0 Å². The van der Waals surface area contributed by atoms with Crippen LogP contribution < -0.4 is 11.1 Å². The summed E-state index contributed by atoms with van der Waals surface area (Å²) in [7, 11) is 0. The lowest BCUT2D eigenvalue weighted by Crippen LogP contribution is -2.50. The van der Waals surface area contributed by atoms with Crippen molar-refractivity contribution in [2.75, 3.05) is 19.6 Å². The van der Waals surface area contributed by atoms with E-state index in [4.69, 9.17) is 5.73 Å². The summed E-state index contributed by atoms with van der Waals surface area (Å²) in [5.41, 5.74) is 5.39. The maximum Gasteiger partial charge on any atom is 0.401 e.